The summed E-state index contributed by atoms with van der Waals surface area (Å²) in [6.45, 7) is 0.868. The highest BCUT2D eigenvalue weighted by Crippen LogP contribution is 2.44. The monoisotopic (exact) mass is 378 g/mol. The molecular weight excluding hydrogens is 352 g/mol. The molecule has 146 valence electrons. The smallest absolute Gasteiger partial charge is 0.264 e. The van der Waals surface area contributed by atoms with E-state index in [4.69, 9.17) is 11.5 Å². The minimum Gasteiger partial charge on any atom is -0.386 e. The molecule has 1 aromatic carbocycles. The zero-order chi connectivity index (χ0) is 19.6. The van der Waals surface area contributed by atoms with Gasteiger partial charge in [0.05, 0.1) is 11.5 Å². The van der Waals surface area contributed by atoms with Gasteiger partial charge in [-0.15, -0.1) is 0 Å². The molecule has 0 spiro atoms. The number of carbonyl (C=O) groups excluding carboxylic acids is 1. The quantitative estimate of drug-likeness (QED) is 0.554. The van der Waals surface area contributed by atoms with E-state index in [2.05, 4.69) is 32.4 Å². The minimum absolute atomic E-state index is 0.140. The Kier molecular flexibility index (Phi) is 5.09. The van der Waals surface area contributed by atoms with E-state index in [0.717, 1.165) is 61.8 Å². The topological polar surface area (TPSA) is 119 Å². The van der Waals surface area contributed by atoms with E-state index >= 15 is 0 Å². The molecule has 1 saturated heterocycles. The number of nitrogens with two attached hydrogens (primary N) is 2. The van der Waals surface area contributed by atoms with Crippen molar-refractivity contribution < 1.29 is 4.79 Å². The molecule has 2 aliphatic rings. The number of hydrogen-bond acceptors (Lipinski definition) is 5. The van der Waals surface area contributed by atoms with Crippen LogP contribution < -0.4 is 16.8 Å². The van der Waals surface area contributed by atoms with Crippen LogP contribution in [0.4, 0.5) is 5.95 Å². The number of hydrogen-bond donors (Lipinski definition) is 3. The third-order valence-corrected chi connectivity index (χ3v) is 5.98. The number of carbonyl (C=O) groups is 1. The first kappa shape index (κ1) is 18.6. The van der Waals surface area contributed by atoms with Crippen molar-refractivity contribution in [2.75, 3.05) is 12.3 Å². The van der Waals surface area contributed by atoms with Crippen LogP contribution in [0.2, 0.25) is 0 Å². The first-order chi connectivity index (χ1) is 13.6. The molecule has 1 aliphatic carbocycles. The van der Waals surface area contributed by atoms with Gasteiger partial charge in [-0.25, -0.2) is 9.97 Å². The maximum atomic E-state index is 12.5. The lowest BCUT2D eigenvalue weighted by Crippen LogP contribution is -2.48. The van der Waals surface area contributed by atoms with E-state index in [0.29, 0.717) is 5.84 Å². The third kappa shape index (κ3) is 3.49. The minimum atomic E-state index is -0.333. The molecule has 1 aromatic heterocycles. The summed E-state index contributed by atoms with van der Waals surface area (Å²) in [4.78, 5) is 24.9. The van der Waals surface area contributed by atoms with Crippen molar-refractivity contribution in [2.45, 2.75) is 50.0 Å². The average molecular weight is 378 g/mol. The van der Waals surface area contributed by atoms with Crippen LogP contribution in [0.15, 0.2) is 41.7 Å². The van der Waals surface area contributed by atoms with Gasteiger partial charge in [0.25, 0.3) is 5.91 Å². The van der Waals surface area contributed by atoms with Crippen LogP contribution in [-0.4, -0.2) is 34.3 Å². The Morgan fingerprint density at radius 3 is 2.36 bits per heavy atom. The number of nitrogens with zero attached hydrogens (tertiary/aromatic N) is 3. The van der Waals surface area contributed by atoms with E-state index < -0.39 is 0 Å². The molecule has 1 saturated carbocycles. The summed E-state index contributed by atoms with van der Waals surface area (Å²) < 4.78 is 0. The summed E-state index contributed by atoms with van der Waals surface area (Å²) in [6, 6.07) is 7.99. The summed E-state index contributed by atoms with van der Waals surface area (Å²) in [5.74, 6) is 0.564. The second kappa shape index (κ2) is 7.67. The molecule has 1 amide bonds. The number of aliphatic imine (C=N–C) groups is 1. The van der Waals surface area contributed by atoms with Gasteiger partial charge in [-0.3, -0.25) is 4.79 Å². The highest BCUT2D eigenvalue weighted by Gasteiger charge is 2.43. The Hall–Kier alpha value is -2.80. The fourth-order valence-electron chi connectivity index (χ4n) is 4.06. The lowest BCUT2D eigenvalue weighted by molar-refractivity contribution is -0.120. The fraction of sp³-hybridized carbons (Fsp3) is 0.429. The highest BCUT2D eigenvalue weighted by atomic mass is 16.1. The van der Waals surface area contributed by atoms with E-state index in [1.807, 2.05) is 12.1 Å². The number of nitrogen functional groups attached to an aromatic ring is 1. The second-order valence-corrected chi connectivity index (χ2v) is 7.68. The van der Waals surface area contributed by atoms with Crippen LogP contribution in [0.3, 0.4) is 0 Å². The van der Waals surface area contributed by atoms with Crippen molar-refractivity contribution in [3.05, 3.63) is 42.2 Å². The number of piperidine rings is 1. The van der Waals surface area contributed by atoms with Gasteiger partial charge in [-0.2, -0.15) is 4.99 Å². The van der Waals surface area contributed by atoms with Crippen LogP contribution >= 0.6 is 0 Å². The summed E-state index contributed by atoms with van der Waals surface area (Å²) in [5.41, 5.74) is 14.6. The summed E-state index contributed by atoms with van der Waals surface area (Å²) in [7, 11) is 0. The Morgan fingerprint density at radius 2 is 1.79 bits per heavy atom. The van der Waals surface area contributed by atoms with Crippen LogP contribution in [0, 0.1) is 0 Å². The van der Waals surface area contributed by atoms with Crippen molar-refractivity contribution in [3.8, 4) is 11.1 Å². The molecule has 0 bridgehead atoms. The van der Waals surface area contributed by atoms with Crippen molar-refractivity contribution in [3.63, 3.8) is 0 Å². The van der Waals surface area contributed by atoms with Gasteiger partial charge in [0, 0.05) is 18.0 Å². The molecule has 0 unspecified atom stereocenters. The molecule has 1 aliphatic heterocycles. The first-order valence-electron chi connectivity index (χ1n) is 9.89. The van der Waals surface area contributed by atoms with Crippen molar-refractivity contribution >= 4 is 17.7 Å². The lowest BCUT2D eigenvalue weighted by atomic mass is 9.63. The Balaban J connectivity index is 1.56. The van der Waals surface area contributed by atoms with E-state index in [9.17, 15) is 4.79 Å². The Bertz CT molecular complexity index is 865. The van der Waals surface area contributed by atoms with Gasteiger partial charge < -0.3 is 16.8 Å². The Morgan fingerprint density at radius 1 is 1.07 bits per heavy atom. The number of anilines is 1. The number of benzene rings is 1. The predicted octanol–water partition coefficient (Wildman–Crippen LogP) is 2.17. The first-order valence-corrected chi connectivity index (χ1v) is 9.89. The van der Waals surface area contributed by atoms with Crippen molar-refractivity contribution in [1.29, 1.82) is 0 Å². The van der Waals surface area contributed by atoms with Gasteiger partial charge in [0.15, 0.2) is 0 Å². The molecule has 2 heterocycles. The van der Waals surface area contributed by atoms with Gasteiger partial charge in [0.1, 0.15) is 5.84 Å². The average Bonchev–Trinajstić information content (AvgIpc) is 2.69. The number of rotatable bonds is 4. The highest BCUT2D eigenvalue weighted by molar-refractivity contribution is 6.02. The SMILES string of the molecule is NC(=NC(=O)[C@@H]1CCCCN1)C1(c2ccc(-c3cnc(N)nc3)cc2)CCC1. The predicted molar refractivity (Wildman–Crippen MR) is 110 cm³/mol. The van der Waals surface area contributed by atoms with E-state index in [1.54, 1.807) is 12.4 Å². The number of amides is 1. The number of amidine groups is 1. The molecule has 28 heavy (non-hydrogen) atoms. The fourth-order valence-corrected chi connectivity index (χ4v) is 4.06. The zero-order valence-electron chi connectivity index (χ0n) is 15.9. The molecule has 4 rings (SSSR count). The van der Waals surface area contributed by atoms with Gasteiger partial charge >= 0.3 is 0 Å². The molecule has 2 aromatic rings. The Labute approximate surface area is 164 Å². The summed E-state index contributed by atoms with van der Waals surface area (Å²) in [6.07, 6.45) is 9.33. The maximum absolute atomic E-state index is 12.5. The van der Waals surface area contributed by atoms with Gasteiger partial charge in [0.2, 0.25) is 5.95 Å². The summed E-state index contributed by atoms with van der Waals surface area (Å²) >= 11 is 0. The van der Waals surface area contributed by atoms with Crippen molar-refractivity contribution in [2.24, 2.45) is 10.7 Å². The van der Waals surface area contributed by atoms with E-state index in [1.165, 1.54) is 0 Å². The third-order valence-electron chi connectivity index (χ3n) is 5.98. The molecule has 7 heteroatoms. The standard InChI is InChI=1S/C21H26N6O/c22-19(27-18(28)17-4-1-2-11-24-17)21(9-3-10-21)16-7-5-14(6-8-16)15-12-25-20(23)26-13-15/h5-8,12-13,17,24H,1-4,9-11H2,(H2,22,27,28)(H2,23,25,26)/t17-/m0/s1. The number of aromatic nitrogens is 2. The second-order valence-electron chi connectivity index (χ2n) is 7.68. The van der Waals surface area contributed by atoms with Gasteiger partial charge in [-0.05, 0) is 43.4 Å². The molecule has 0 radical (unpaired) electrons. The zero-order valence-corrected chi connectivity index (χ0v) is 15.9. The lowest BCUT2D eigenvalue weighted by Gasteiger charge is -2.42. The summed E-state index contributed by atoms with van der Waals surface area (Å²) in [5, 5.41) is 3.25. The normalized spacial score (nSPS) is 21.7. The molecular formula is C21H26N6O. The van der Waals surface area contributed by atoms with Crippen LogP contribution in [0.5, 0.6) is 0 Å². The van der Waals surface area contributed by atoms with Crippen molar-refractivity contribution in [1.82, 2.24) is 15.3 Å². The maximum Gasteiger partial charge on any atom is 0.264 e. The van der Waals surface area contributed by atoms with Crippen LogP contribution in [0.25, 0.3) is 11.1 Å². The van der Waals surface area contributed by atoms with E-state index in [-0.39, 0.29) is 23.3 Å². The van der Waals surface area contributed by atoms with Crippen LogP contribution in [0.1, 0.15) is 44.1 Å². The molecule has 2 fully saturated rings. The van der Waals surface area contributed by atoms with Crippen LogP contribution in [-0.2, 0) is 10.2 Å². The molecule has 1 atom stereocenters. The molecule has 5 N–H and O–H groups in total. The largest absolute Gasteiger partial charge is 0.386 e. The van der Waals surface area contributed by atoms with Gasteiger partial charge in [-0.1, -0.05) is 37.1 Å². The molecule has 7 nitrogen and oxygen atoms in total. The number of nitrogens with one attached hydrogen (secondary N) is 1.